The molecule has 1 saturated carbocycles. The minimum atomic E-state index is -0.179. The second kappa shape index (κ2) is 6.88. The number of urea groups is 1. The van der Waals surface area contributed by atoms with Crippen LogP contribution >= 0.6 is 0 Å². The maximum atomic E-state index is 12.3. The molecule has 6 heteroatoms. The summed E-state index contributed by atoms with van der Waals surface area (Å²) in [4.78, 5) is 16.6. The molecular weight excluding hydrogens is 318 g/mol. The highest BCUT2D eigenvalue weighted by Gasteiger charge is 2.36. The fourth-order valence-electron chi connectivity index (χ4n) is 3.32. The molecule has 1 saturated heterocycles. The zero-order valence-electron chi connectivity index (χ0n) is 14.3. The van der Waals surface area contributed by atoms with Gasteiger partial charge in [-0.1, -0.05) is 6.07 Å². The summed E-state index contributed by atoms with van der Waals surface area (Å²) >= 11 is 0. The van der Waals surface area contributed by atoms with E-state index in [1.54, 1.807) is 6.26 Å². The van der Waals surface area contributed by atoms with Crippen molar-refractivity contribution >= 4 is 11.7 Å². The first kappa shape index (κ1) is 16.1. The van der Waals surface area contributed by atoms with Crippen LogP contribution in [0.4, 0.5) is 10.5 Å². The van der Waals surface area contributed by atoms with Crippen LogP contribution in [-0.4, -0.2) is 29.8 Å². The second-order valence-electron chi connectivity index (χ2n) is 6.94. The van der Waals surface area contributed by atoms with Crippen LogP contribution in [0.3, 0.4) is 0 Å². The second-order valence-corrected chi connectivity index (χ2v) is 6.94. The molecule has 0 spiro atoms. The van der Waals surface area contributed by atoms with Gasteiger partial charge in [-0.3, -0.25) is 0 Å². The van der Waals surface area contributed by atoms with Crippen LogP contribution in [0.15, 0.2) is 34.9 Å². The Kier molecular flexibility index (Phi) is 4.44. The molecule has 2 fully saturated rings. The highest BCUT2D eigenvalue weighted by atomic mass is 16.5. The van der Waals surface area contributed by atoms with Crippen LogP contribution in [0, 0.1) is 12.8 Å². The molecule has 2 amide bonds. The Labute approximate surface area is 147 Å². The van der Waals surface area contributed by atoms with Gasteiger partial charge in [0.1, 0.15) is 6.26 Å². The third kappa shape index (κ3) is 4.02. The molecule has 0 unspecified atom stereocenters. The molecule has 4 rings (SSSR count). The summed E-state index contributed by atoms with van der Waals surface area (Å²) in [5.41, 5.74) is 2.39. The number of hydrogen-bond acceptors (Lipinski definition) is 4. The predicted octanol–water partition coefficient (Wildman–Crippen LogP) is 3.73. The summed E-state index contributed by atoms with van der Waals surface area (Å²) < 4.78 is 11.2. The van der Waals surface area contributed by atoms with Gasteiger partial charge in [0.15, 0.2) is 0 Å². The summed E-state index contributed by atoms with van der Waals surface area (Å²) in [6, 6.07) is 7.51. The molecule has 2 atom stereocenters. The quantitative estimate of drug-likeness (QED) is 0.888. The zero-order valence-corrected chi connectivity index (χ0v) is 14.3. The van der Waals surface area contributed by atoms with Crippen LogP contribution in [-0.2, 0) is 4.74 Å². The molecule has 0 radical (unpaired) electrons. The number of nitrogens with one attached hydrogen (secondary N) is 2. The van der Waals surface area contributed by atoms with E-state index in [1.807, 2.05) is 31.2 Å². The van der Waals surface area contributed by atoms with Gasteiger partial charge < -0.3 is 19.8 Å². The topological polar surface area (TPSA) is 76.4 Å². The van der Waals surface area contributed by atoms with Crippen molar-refractivity contribution in [2.24, 2.45) is 5.92 Å². The summed E-state index contributed by atoms with van der Waals surface area (Å²) in [7, 11) is 0. The minimum Gasteiger partial charge on any atom is -0.444 e. The molecule has 2 heterocycles. The van der Waals surface area contributed by atoms with Crippen molar-refractivity contribution in [3.63, 3.8) is 0 Å². The molecule has 25 heavy (non-hydrogen) atoms. The first-order valence-corrected chi connectivity index (χ1v) is 8.89. The van der Waals surface area contributed by atoms with Crippen LogP contribution in [0.25, 0.3) is 11.5 Å². The van der Waals surface area contributed by atoms with E-state index < -0.39 is 0 Å². The number of anilines is 1. The number of aryl methyl sites for hydroxylation is 1. The minimum absolute atomic E-state index is 0.178. The maximum Gasteiger partial charge on any atom is 0.319 e. The smallest absolute Gasteiger partial charge is 0.319 e. The largest absolute Gasteiger partial charge is 0.444 e. The molecule has 6 nitrogen and oxygen atoms in total. The van der Waals surface area contributed by atoms with E-state index in [4.69, 9.17) is 9.15 Å². The van der Waals surface area contributed by atoms with Crippen LogP contribution in [0.2, 0.25) is 0 Å². The molecule has 132 valence electrons. The van der Waals surface area contributed by atoms with E-state index in [0.29, 0.717) is 17.9 Å². The van der Waals surface area contributed by atoms with Gasteiger partial charge in [0.2, 0.25) is 5.89 Å². The van der Waals surface area contributed by atoms with Gasteiger partial charge in [-0.15, -0.1) is 0 Å². The lowest BCUT2D eigenvalue weighted by molar-refractivity contribution is -0.00889. The first-order chi connectivity index (χ1) is 12.2. The van der Waals surface area contributed by atoms with E-state index in [9.17, 15) is 4.79 Å². The zero-order chi connectivity index (χ0) is 17.2. The van der Waals surface area contributed by atoms with Crippen molar-refractivity contribution in [1.29, 1.82) is 0 Å². The van der Waals surface area contributed by atoms with Crippen LogP contribution in [0.5, 0.6) is 0 Å². The van der Waals surface area contributed by atoms with E-state index >= 15 is 0 Å². The lowest BCUT2D eigenvalue weighted by Gasteiger charge is -2.30. The Morgan fingerprint density at radius 2 is 2.16 bits per heavy atom. The molecule has 1 aliphatic heterocycles. The highest BCUT2D eigenvalue weighted by molar-refractivity contribution is 5.90. The third-order valence-corrected chi connectivity index (χ3v) is 4.78. The van der Waals surface area contributed by atoms with Crippen LogP contribution < -0.4 is 10.6 Å². The Morgan fingerprint density at radius 3 is 2.92 bits per heavy atom. The van der Waals surface area contributed by atoms with E-state index in [1.165, 1.54) is 12.8 Å². The number of ether oxygens (including phenoxy) is 1. The average Bonchev–Trinajstić information content (AvgIpc) is 3.36. The number of benzene rings is 1. The van der Waals surface area contributed by atoms with Crippen molar-refractivity contribution in [2.45, 2.75) is 44.8 Å². The van der Waals surface area contributed by atoms with Crippen molar-refractivity contribution in [3.05, 3.63) is 36.2 Å². The van der Waals surface area contributed by atoms with Gasteiger partial charge in [0.05, 0.1) is 11.8 Å². The fraction of sp³-hybridized carbons (Fsp3) is 0.474. The number of rotatable bonds is 4. The van der Waals surface area contributed by atoms with Gasteiger partial charge in [0, 0.05) is 23.9 Å². The van der Waals surface area contributed by atoms with Crippen LogP contribution in [0.1, 0.15) is 31.4 Å². The maximum absolute atomic E-state index is 12.3. The standard InChI is InChI=1S/C19H23N3O3/c1-12-11-25-18(20-12)14-3-2-4-15(9-14)21-19(23)22-16-7-8-24-17(10-16)13-5-6-13/h2-4,9,11,13,16-17H,5-8,10H2,1H3,(H2,21,22,23)/t16-,17-/m1/s1. The number of carbonyl (C=O) groups is 1. The molecule has 0 bridgehead atoms. The normalized spacial score (nSPS) is 23.2. The summed E-state index contributed by atoms with van der Waals surface area (Å²) in [5.74, 6) is 1.26. The molecule has 2 N–H and O–H groups in total. The van der Waals surface area contributed by atoms with Crippen molar-refractivity contribution in [3.8, 4) is 11.5 Å². The first-order valence-electron chi connectivity index (χ1n) is 8.89. The highest BCUT2D eigenvalue weighted by Crippen LogP contribution is 2.38. The average molecular weight is 341 g/mol. The number of aromatic nitrogens is 1. The third-order valence-electron chi connectivity index (χ3n) is 4.78. The summed E-state index contributed by atoms with van der Waals surface area (Å²) in [6.07, 6.45) is 6.23. The Bertz CT molecular complexity index is 754. The molecule has 2 aromatic rings. The Morgan fingerprint density at radius 1 is 1.28 bits per heavy atom. The van der Waals surface area contributed by atoms with E-state index in [-0.39, 0.29) is 12.1 Å². The molecule has 1 aromatic heterocycles. The van der Waals surface area contributed by atoms with Crippen molar-refractivity contribution < 1.29 is 13.9 Å². The predicted molar refractivity (Wildman–Crippen MR) is 94.3 cm³/mol. The molecule has 2 aliphatic rings. The monoisotopic (exact) mass is 341 g/mol. The number of oxazole rings is 1. The van der Waals surface area contributed by atoms with Crippen molar-refractivity contribution in [1.82, 2.24) is 10.3 Å². The van der Waals surface area contributed by atoms with Gasteiger partial charge in [0.25, 0.3) is 0 Å². The SMILES string of the molecule is Cc1coc(-c2cccc(NC(=O)N[C@@H]3CCO[C@@H](C4CC4)C3)c2)n1. The lowest BCUT2D eigenvalue weighted by Crippen LogP contribution is -2.44. The van der Waals surface area contributed by atoms with E-state index in [2.05, 4.69) is 15.6 Å². The Hall–Kier alpha value is -2.34. The summed E-state index contributed by atoms with van der Waals surface area (Å²) in [5, 5.41) is 5.98. The van der Waals surface area contributed by atoms with Crippen molar-refractivity contribution in [2.75, 3.05) is 11.9 Å². The number of amides is 2. The number of hydrogen-bond donors (Lipinski definition) is 2. The molecule has 1 aromatic carbocycles. The van der Waals surface area contributed by atoms with Gasteiger partial charge in [-0.05, 0) is 56.7 Å². The fourth-order valence-corrected chi connectivity index (χ4v) is 3.32. The van der Waals surface area contributed by atoms with Gasteiger partial charge in [-0.2, -0.15) is 0 Å². The molecular formula is C19H23N3O3. The lowest BCUT2D eigenvalue weighted by atomic mass is 10.0. The number of carbonyl (C=O) groups excluding carboxylic acids is 1. The summed E-state index contributed by atoms with van der Waals surface area (Å²) in [6.45, 7) is 2.61. The number of nitrogens with zero attached hydrogens (tertiary/aromatic N) is 1. The Balaban J connectivity index is 1.36. The van der Waals surface area contributed by atoms with Gasteiger partial charge in [-0.25, -0.2) is 9.78 Å². The van der Waals surface area contributed by atoms with Gasteiger partial charge >= 0.3 is 6.03 Å². The van der Waals surface area contributed by atoms with E-state index in [0.717, 1.165) is 36.4 Å². The molecule has 1 aliphatic carbocycles.